The Morgan fingerprint density at radius 3 is 2.48 bits per heavy atom. The highest BCUT2D eigenvalue weighted by Crippen LogP contribution is 2.28. The molecule has 23 heavy (non-hydrogen) atoms. The molecule has 118 valence electrons. The van der Waals surface area contributed by atoms with Crippen LogP contribution in [0.2, 0.25) is 0 Å². The van der Waals surface area contributed by atoms with Crippen LogP contribution in [0.3, 0.4) is 0 Å². The van der Waals surface area contributed by atoms with Gasteiger partial charge in [0.05, 0.1) is 16.6 Å². The summed E-state index contributed by atoms with van der Waals surface area (Å²) in [7, 11) is 3.92. The van der Waals surface area contributed by atoms with E-state index in [1.807, 2.05) is 59.9 Å². The van der Waals surface area contributed by atoms with Gasteiger partial charge in [0, 0.05) is 30.1 Å². The summed E-state index contributed by atoms with van der Waals surface area (Å²) in [5.41, 5.74) is 3.21. The lowest BCUT2D eigenvalue weighted by atomic mass is 10.0. The maximum atomic E-state index is 12.8. The van der Waals surface area contributed by atoms with Gasteiger partial charge in [-0.2, -0.15) is 0 Å². The summed E-state index contributed by atoms with van der Waals surface area (Å²) >= 11 is 0. The lowest BCUT2D eigenvalue weighted by molar-refractivity contribution is 0.0974. The van der Waals surface area contributed by atoms with E-state index >= 15 is 0 Å². The number of benzene rings is 1. The van der Waals surface area contributed by atoms with Gasteiger partial charge in [-0.15, -0.1) is 0 Å². The Morgan fingerprint density at radius 1 is 1.04 bits per heavy atom. The number of Topliss-reactive ketones (excluding diaryl/α,β-unsaturated/α-hetero) is 2. The highest BCUT2D eigenvalue weighted by Gasteiger charge is 2.18. The van der Waals surface area contributed by atoms with Gasteiger partial charge in [-0.1, -0.05) is 18.2 Å². The summed E-state index contributed by atoms with van der Waals surface area (Å²) in [5.74, 6) is 0.151. The molecule has 0 aliphatic carbocycles. The van der Waals surface area contributed by atoms with Gasteiger partial charge in [0.1, 0.15) is 0 Å². The third-order valence-electron chi connectivity index (χ3n) is 4.11. The molecule has 0 N–H and O–H groups in total. The Bertz CT molecular complexity index is 906. The van der Waals surface area contributed by atoms with E-state index in [1.165, 1.54) is 0 Å². The van der Waals surface area contributed by atoms with Crippen LogP contribution >= 0.6 is 0 Å². The van der Waals surface area contributed by atoms with Crippen molar-refractivity contribution in [1.29, 1.82) is 0 Å². The predicted molar refractivity (Wildman–Crippen MR) is 92.4 cm³/mol. The number of carbonyl (C=O) groups is 2. The van der Waals surface area contributed by atoms with Crippen LogP contribution in [0.4, 0.5) is 0 Å². The zero-order chi connectivity index (χ0) is 16.6. The van der Waals surface area contributed by atoms with E-state index in [9.17, 15) is 9.59 Å². The molecule has 2 aromatic heterocycles. The first-order valence-electron chi connectivity index (χ1n) is 7.70. The highest BCUT2D eigenvalue weighted by atomic mass is 16.1. The predicted octanol–water partition coefficient (Wildman–Crippen LogP) is 3.43. The second kappa shape index (κ2) is 5.97. The molecule has 2 heterocycles. The fraction of sp³-hybridized carbons (Fsp3) is 0.263. The topological polar surface area (TPSA) is 41.8 Å². The number of ketones is 2. The summed E-state index contributed by atoms with van der Waals surface area (Å²) in [5, 5.41) is 0.942. The van der Waals surface area contributed by atoms with Crippen LogP contribution in [-0.4, -0.2) is 41.5 Å². The number of nitrogens with zero attached hydrogens (tertiary/aromatic N) is 2. The second-order valence-corrected chi connectivity index (χ2v) is 6.10. The average molecular weight is 308 g/mol. The van der Waals surface area contributed by atoms with Crippen molar-refractivity contribution in [1.82, 2.24) is 9.30 Å². The molecule has 3 aromatic rings. The number of pyridine rings is 1. The number of hydrogen-bond acceptors (Lipinski definition) is 3. The third-order valence-corrected chi connectivity index (χ3v) is 4.11. The van der Waals surface area contributed by atoms with Crippen molar-refractivity contribution < 1.29 is 9.59 Å². The molecule has 0 spiro atoms. The Balaban J connectivity index is 2.22. The van der Waals surface area contributed by atoms with Crippen LogP contribution in [-0.2, 0) is 0 Å². The van der Waals surface area contributed by atoms with E-state index in [0.717, 1.165) is 28.5 Å². The molecule has 4 heteroatoms. The van der Waals surface area contributed by atoms with Crippen molar-refractivity contribution in [3.8, 4) is 0 Å². The minimum atomic E-state index is 0.0187. The van der Waals surface area contributed by atoms with Gasteiger partial charge in [0.25, 0.3) is 0 Å². The maximum Gasteiger partial charge on any atom is 0.166 e. The third kappa shape index (κ3) is 2.78. The molecular weight excluding hydrogens is 288 g/mol. The van der Waals surface area contributed by atoms with Crippen LogP contribution < -0.4 is 0 Å². The normalized spacial score (nSPS) is 11.5. The van der Waals surface area contributed by atoms with Gasteiger partial charge in [0.15, 0.2) is 11.6 Å². The lowest BCUT2D eigenvalue weighted by Gasteiger charge is -2.08. The lowest BCUT2D eigenvalue weighted by Crippen LogP contribution is -2.16. The van der Waals surface area contributed by atoms with Crippen LogP contribution in [0.25, 0.3) is 16.4 Å². The van der Waals surface area contributed by atoms with Crippen molar-refractivity contribution in [2.45, 2.75) is 13.3 Å². The number of hydrogen-bond donors (Lipinski definition) is 0. The van der Waals surface area contributed by atoms with Crippen molar-refractivity contribution in [3.05, 3.63) is 53.7 Å². The molecule has 4 nitrogen and oxygen atoms in total. The first kappa shape index (κ1) is 15.4. The van der Waals surface area contributed by atoms with E-state index in [-0.39, 0.29) is 11.6 Å². The smallest absolute Gasteiger partial charge is 0.166 e. The SMILES string of the molecule is CC(=O)c1ccc2c(C(=O)CCN(C)C)c3ccccc3n2c1. The molecule has 0 unspecified atom stereocenters. The summed E-state index contributed by atoms with van der Waals surface area (Å²) < 4.78 is 1.95. The Morgan fingerprint density at radius 2 is 1.78 bits per heavy atom. The first-order valence-corrected chi connectivity index (χ1v) is 7.70. The van der Waals surface area contributed by atoms with Crippen molar-refractivity contribution in [3.63, 3.8) is 0 Å². The minimum absolute atomic E-state index is 0.0187. The molecule has 0 aliphatic rings. The molecule has 1 aromatic carbocycles. The summed E-state index contributed by atoms with van der Waals surface area (Å²) in [6, 6.07) is 11.5. The molecular formula is C19H20N2O2. The number of para-hydroxylation sites is 1. The molecule has 0 saturated carbocycles. The molecule has 0 fully saturated rings. The molecule has 0 saturated heterocycles. The van der Waals surface area contributed by atoms with Gasteiger partial charge < -0.3 is 9.30 Å². The van der Waals surface area contributed by atoms with Gasteiger partial charge in [-0.25, -0.2) is 0 Å². The van der Waals surface area contributed by atoms with Gasteiger partial charge in [-0.3, -0.25) is 9.59 Å². The maximum absolute atomic E-state index is 12.8. The van der Waals surface area contributed by atoms with Crippen LogP contribution in [0.1, 0.15) is 34.1 Å². The van der Waals surface area contributed by atoms with Gasteiger partial charge in [-0.05, 0) is 39.2 Å². The van der Waals surface area contributed by atoms with Crippen molar-refractivity contribution in [2.75, 3.05) is 20.6 Å². The molecule has 0 radical (unpaired) electrons. The van der Waals surface area contributed by atoms with Crippen LogP contribution in [0.15, 0.2) is 42.6 Å². The monoisotopic (exact) mass is 308 g/mol. The van der Waals surface area contributed by atoms with Crippen LogP contribution in [0.5, 0.6) is 0 Å². The summed E-state index contributed by atoms with van der Waals surface area (Å²) in [6.45, 7) is 2.27. The Labute approximate surface area is 135 Å². The van der Waals surface area contributed by atoms with Crippen molar-refractivity contribution in [2.24, 2.45) is 0 Å². The Kier molecular flexibility index (Phi) is 4.01. The molecule has 0 aliphatic heterocycles. The van der Waals surface area contributed by atoms with E-state index < -0.39 is 0 Å². The molecule has 0 amide bonds. The van der Waals surface area contributed by atoms with Crippen molar-refractivity contribution >= 4 is 28.0 Å². The number of fused-ring (bicyclic) bond motifs is 3. The first-order chi connectivity index (χ1) is 11.0. The number of rotatable bonds is 5. The van der Waals surface area contributed by atoms with E-state index in [4.69, 9.17) is 0 Å². The zero-order valence-corrected chi connectivity index (χ0v) is 13.7. The van der Waals surface area contributed by atoms with Gasteiger partial charge in [0.2, 0.25) is 0 Å². The molecule has 3 rings (SSSR count). The van der Waals surface area contributed by atoms with Gasteiger partial charge >= 0.3 is 0 Å². The molecule has 0 atom stereocenters. The number of carbonyl (C=O) groups excluding carboxylic acids is 2. The fourth-order valence-corrected chi connectivity index (χ4v) is 2.89. The fourth-order valence-electron chi connectivity index (χ4n) is 2.89. The van der Waals surface area contributed by atoms with E-state index in [1.54, 1.807) is 13.0 Å². The zero-order valence-electron chi connectivity index (χ0n) is 13.7. The summed E-state index contributed by atoms with van der Waals surface area (Å²) in [4.78, 5) is 26.4. The molecule has 0 bridgehead atoms. The van der Waals surface area contributed by atoms with Crippen LogP contribution in [0, 0.1) is 0 Å². The summed E-state index contributed by atoms with van der Waals surface area (Å²) in [6.07, 6.45) is 2.30. The quantitative estimate of drug-likeness (QED) is 0.678. The average Bonchev–Trinajstić information content (AvgIpc) is 2.86. The highest BCUT2D eigenvalue weighted by molar-refractivity contribution is 6.15. The Hall–Kier alpha value is -2.46. The number of aromatic nitrogens is 1. The van der Waals surface area contributed by atoms with E-state index in [0.29, 0.717) is 12.0 Å². The van der Waals surface area contributed by atoms with E-state index in [2.05, 4.69) is 0 Å². The minimum Gasteiger partial charge on any atom is -0.315 e. The standard InChI is InChI=1S/C19H20N2O2/c1-13(22)14-8-9-17-19(18(23)10-11-20(2)3)15-6-4-5-7-16(15)21(17)12-14/h4-9,12H,10-11H2,1-3H3. The largest absolute Gasteiger partial charge is 0.315 e. The second-order valence-electron chi connectivity index (χ2n) is 6.10.